The van der Waals surface area contributed by atoms with E-state index in [9.17, 15) is 0 Å². The predicted molar refractivity (Wildman–Crippen MR) is 51.9 cm³/mol. The summed E-state index contributed by atoms with van der Waals surface area (Å²) in [5, 5.41) is 16.5. The maximum Gasteiger partial charge on any atom is 0.169 e. The molecule has 5 heteroatoms. The van der Waals surface area contributed by atoms with Crippen LogP contribution in [0.5, 0.6) is 0 Å². The van der Waals surface area contributed by atoms with Crippen molar-refractivity contribution in [3.63, 3.8) is 0 Å². The van der Waals surface area contributed by atoms with Crippen LogP contribution >= 0.6 is 0 Å². The van der Waals surface area contributed by atoms with E-state index in [4.69, 9.17) is 10.00 Å². The highest BCUT2D eigenvalue weighted by Gasteiger charge is 2.07. The van der Waals surface area contributed by atoms with Gasteiger partial charge in [0.15, 0.2) is 5.82 Å². The molecule has 0 bridgehead atoms. The maximum atomic E-state index is 8.82. The molecule has 5 nitrogen and oxygen atoms in total. The standard InChI is InChI=1S/C9H12N4O/c1-13(5-6-14-2)9-8(7-10)3-4-11-12-9/h3-4H,5-6H2,1-2H3. The Kier molecular flexibility index (Phi) is 3.83. The van der Waals surface area contributed by atoms with Gasteiger partial charge in [0.25, 0.3) is 0 Å². The molecule has 0 unspecified atom stereocenters. The molecular formula is C9H12N4O. The smallest absolute Gasteiger partial charge is 0.169 e. The lowest BCUT2D eigenvalue weighted by Gasteiger charge is -2.17. The summed E-state index contributed by atoms with van der Waals surface area (Å²) in [5.41, 5.74) is 0.526. The van der Waals surface area contributed by atoms with Crippen molar-refractivity contribution in [2.24, 2.45) is 0 Å². The molecule has 0 radical (unpaired) electrons. The molecule has 0 aliphatic heterocycles. The summed E-state index contributed by atoms with van der Waals surface area (Å²) in [7, 11) is 3.49. The van der Waals surface area contributed by atoms with E-state index in [1.165, 1.54) is 6.20 Å². The zero-order valence-corrected chi connectivity index (χ0v) is 8.27. The summed E-state index contributed by atoms with van der Waals surface area (Å²) in [4.78, 5) is 1.84. The second-order valence-corrected chi connectivity index (χ2v) is 2.79. The van der Waals surface area contributed by atoms with Gasteiger partial charge in [0.05, 0.1) is 18.4 Å². The van der Waals surface area contributed by atoms with Gasteiger partial charge in [0, 0.05) is 20.7 Å². The van der Waals surface area contributed by atoms with Crippen molar-refractivity contribution in [1.82, 2.24) is 10.2 Å². The van der Waals surface area contributed by atoms with Gasteiger partial charge in [0.2, 0.25) is 0 Å². The van der Waals surface area contributed by atoms with Crippen LogP contribution in [0.2, 0.25) is 0 Å². The number of nitriles is 1. The Hall–Kier alpha value is -1.67. The Morgan fingerprint density at radius 2 is 2.43 bits per heavy atom. The van der Waals surface area contributed by atoms with Gasteiger partial charge in [-0.25, -0.2) is 0 Å². The van der Waals surface area contributed by atoms with Gasteiger partial charge in [-0.05, 0) is 6.07 Å². The van der Waals surface area contributed by atoms with Gasteiger partial charge in [-0.1, -0.05) is 0 Å². The van der Waals surface area contributed by atoms with Gasteiger partial charge in [-0.15, -0.1) is 5.10 Å². The monoisotopic (exact) mass is 192 g/mol. The fourth-order valence-electron chi connectivity index (χ4n) is 1.03. The van der Waals surface area contributed by atoms with Crippen molar-refractivity contribution in [3.8, 4) is 6.07 Å². The van der Waals surface area contributed by atoms with Gasteiger partial charge in [-0.3, -0.25) is 0 Å². The third-order valence-corrected chi connectivity index (χ3v) is 1.81. The van der Waals surface area contributed by atoms with Crippen LogP contribution in [-0.2, 0) is 4.74 Å². The van der Waals surface area contributed by atoms with E-state index >= 15 is 0 Å². The lowest BCUT2D eigenvalue weighted by molar-refractivity contribution is 0.206. The average Bonchev–Trinajstić information content (AvgIpc) is 2.25. The Morgan fingerprint density at radius 1 is 1.64 bits per heavy atom. The highest BCUT2D eigenvalue weighted by molar-refractivity contribution is 5.51. The molecule has 0 saturated carbocycles. The number of rotatable bonds is 4. The fraction of sp³-hybridized carbons (Fsp3) is 0.444. The molecule has 0 saturated heterocycles. The van der Waals surface area contributed by atoms with E-state index in [-0.39, 0.29) is 0 Å². The Labute approximate surface area is 82.9 Å². The van der Waals surface area contributed by atoms with Crippen LogP contribution in [-0.4, -0.2) is 37.5 Å². The molecular weight excluding hydrogens is 180 g/mol. The second-order valence-electron chi connectivity index (χ2n) is 2.79. The molecule has 1 aromatic heterocycles. The van der Waals surface area contributed by atoms with E-state index < -0.39 is 0 Å². The highest BCUT2D eigenvalue weighted by Crippen LogP contribution is 2.12. The van der Waals surface area contributed by atoms with Gasteiger partial charge >= 0.3 is 0 Å². The average molecular weight is 192 g/mol. The molecule has 14 heavy (non-hydrogen) atoms. The van der Waals surface area contributed by atoms with E-state index in [0.717, 1.165) is 0 Å². The second kappa shape index (κ2) is 5.14. The van der Waals surface area contributed by atoms with E-state index in [1.807, 2.05) is 11.9 Å². The summed E-state index contributed by atoms with van der Waals surface area (Å²) in [6, 6.07) is 3.71. The Bertz CT molecular complexity index is 334. The summed E-state index contributed by atoms with van der Waals surface area (Å²) >= 11 is 0. The summed E-state index contributed by atoms with van der Waals surface area (Å²) in [6.45, 7) is 1.28. The number of likely N-dealkylation sites (N-methyl/N-ethyl adjacent to an activating group) is 1. The van der Waals surface area contributed by atoms with Gasteiger partial charge in [-0.2, -0.15) is 10.4 Å². The van der Waals surface area contributed by atoms with Crippen LogP contribution in [0, 0.1) is 11.3 Å². The molecule has 0 atom stereocenters. The van der Waals surface area contributed by atoms with Crippen LogP contribution in [0.1, 0.15) is 5.56 Å². The van der Waals surface area contributed by atoms with E-state index in [2.05, 4.69) is 16.3 Å². The normalized spacial score (nSPS) is 9.50. The molecule has 0 aliphatic carbocycles. The minimum Gasteiger partial charge on any atom is -0.383 e. The van der Waals surface area contributed by atoms with Crippen molar-refractivity contribution in [2.45, 2.75) is 0 Å². The topological polar surface area (TPSA) is 62.0 Å². The zero-order chi connectivity index (χ0) is 10.4. The van der Waals surface area contributed by atoms with Gasteiger partial charge in [0.1, 0.15) is 6.07 Å². The van der Waals surface area contributed by atoms with Crippen LogP contribution in [0.4, 0.5) is 5.82 Å². The lowest BCUT2D eigenvalue weighted by atomic mass is 10.3. The van der Waals surface area contributed by atoms with Crippen molar-refractivity contribution >= 4 is 5.82 Å². The van der Waals surface area contributed by atoms with Crippen molar-refractivity contribution < 1.29 is 4.74 Å². The fourth-order valence-corrected chi connectivity index (χ4v) is 1.03. The number of anilines is 1. The summed E-state index contributed by atoms with van der Waals surface area (Å²) < 4.78 is 4.93. The van der Waals surface area contributed by atoms with Gasteiger partial charge < -0.3 is 9.64 Å². The van der Waals surface area contributed by atoms with E-state index in [1.54, 1.807) is 13.2 Å². The van der Waals surface area contributed by atoms with Crippen LogP contribution < -0.4 is 4.90 Å². The van der Waals surface area contributed by atoms with Crippen LogP contribution in [0.3, 0.4) is 0 Å². The first kappa shape index (κ1) is 10.4. The molecule has 0 fully saturated rings. The molecule has 1 heterocycles. The zero-order valence-electron chi connectivity index (χ0n) is 8.27. The third-order valence-electron chi connectivity index (χ3n) is 1.81. The summed E-state index contributed by atoms with van der Waals surface area (Å²) in [6.07, 6.45) is 1.51. The molecule has 74 valence electrons. The first-order chi connectivity index (χ1) is 6.79. The number of aromatic nitrogens is 2. The number of nitrogens with zero attached hydrogens (tertiary/aromatic N) is 4. The molecule has 0 N–H and O–H groups in total. The summed E-state index contributed by atoms with van der Waals surface area (Å²) in [5.74, 6) is 0.590. The minimum atomic E-state index is 0.526. The number of hydrogen-bond donors (Lipinski definition) is 0. The SMILES string of the molecule is COCCN(C)c1nnccc1C#N. The first-order valence-electron chi connectivity index (χ1n) is 4.21. The molecule has 1 rings (SSSR count). The number of hydrogen-bond acceptors (Lipinski definition) is 5. The predicted octanol–water partition coefficient (Wildman–Crippen LogP) is 0.431. The maximum absolute atomic E-state index is 8.82. The lowest BCUT2D eigenvalue weighted by Crippen LogP contribution is -2.24. The van der Waals surface area contributed by atoms with Crippen molar-refractivity contribution in [1.29, 1.82) is 5.26 Å². The highest BCUT2D eigenvalue weighted by atomic mass is 16.5. The molecule has 0 aliphatic rings. The van der Waals surface area contributed by atoms with Crippen molar-refractivity contribution in [2.75, 3.05) is 32.2 Å². The third kappa shape index (κ3) is 2.41. The number of methoxy groups -OCH3 is 1. The van der Waals surface area contributed by atoms with E-state index in [0.29, 0.717) is 24.5 Å². The van der Waals surface area contributed by atoms with Crippen LogP contribution in [0.15, 0.2) is 12.3 Å². The molecule has 0 amide bonds. The molecule has 0 aromatic carbocycles. The van der Waals surface area contributed by atoms with Crippen molar-refractivity contribution in [3.05, 3.63) is 17.8 Å². The minimum absolute atomic E-state index is 0.526. The first-order valence-corrected chi connectivity index (χ1v) is 4.21. The Morgan fingerprint density at radius 3 is 3.07 bits per heavy atom. The Balaban J connectivity index is 2.79. The molecule has 0 spiro atoms. The van der Waals surface area contributed by atoms with Crippen LogP contribution in [0.25, 0.3) is 0 Å². The molecule has 1 aromatic rings. The number of ether oxygens (including phenoxy) is 1. The largest absolute Gasteiger partial charge is 0.383 e. The quantitative estimate of drug-likeness (QED) is 0.692.